The second-order valence-electron chi connectivity index (χ2n) is 4.78. The Bertz CT molecular complexity index is 421. The normalized spacial score (nSPS) is 11.6. The van der Waals surface area contributed by atoms with Crippen molar-refractivity contribution in [1.29, 1.82) is 5.26 Å². The second-order valence-corrected chi connectivity index (χ2v) is 4.78. The summed E-state index contributed by atoms with van der Waals surface area (Å²) < 4.78 is 0. The number of rotatable bonds is 6. The van der Waals surface area contributed by atoms with Gasteiger partial charge in [0.2, 0.25) is 0 Å². The van der Waals surface area contributed by atoms with E-state index in [1.54, 1.807) is 0 Å². The molecule has 96 valence electrons. The van der Waals surface area contributed by atoms with Gasteiger partial charge in [0.25, 0.3) is 0 Å². The molecule has 0 fully saturated rings. The Morgan fingerprint density at radius 2 is 2.00 bits per heavy atom. The maximum Gasteiger partial charge on any atom is 0.0991 e. The van der Waals surface area contributed by atoms with E-state index in [9.17, 15) is 0 Å². The monoisotopic (exact) mass is 242 g/mol. The lowest BCUT2D eigenvalue weighted by molar-refractivity contribution is 0.657. The van der Waals surface area contributed by atoms with Gasteiger partial charge in [0.05, 0.1) is 11.6 Å². The van der Waals surface area contributed by atoms with Gasteiger partial charge in [-0.3, -0.25) is 0 Å². The molecule has 0 aliphatic rings. The average Bonchev–Trinajstić information content (AvgIpc) is 2.38. The molecule has 0 saturated carbocycles. The number of benzene rings is 1. The van der Waals surface area contributed by atoms with Crippen molar-refractivity contribution in [1.82, 2.24) is 5.32 Å². The molecule has 0 bridgehead atoms. The molecular weight excluding hydrogens is 220 g/mol. The lowest BCUT2D eigenvalue weighted by Crippen LogP contribution is -2.19. The molecule has 18 heavy (non-hydrogen) atoms. The largest absolute Gasteiger partial charge is 0.313 e. The van der Waals surface area contributed by atoms with Gasteiger partial charge in [-0.15, -0.1) is 0 Å². The van der Waals surface area contributed by atoms with Gasteiger partial charge in [0.15, 0.2) is 0 Å². The molecular formula is C16H22N2. The fourth-order valence-electron chi connectivity index (χ4n) is 1.70. The van der Waals surface area contributed by atoms with Gasteiger partial charge in [-0.05, 0) is 36.6 Å². The Morgan fingerprint density at radius 3 is 2.50 bits per heavy atom. The van der Waals surface area contributed by atoms with Gasteiger partial charge in [-0.1, -0.05) is 44.6 Å². The Labute approximate surface area is 110 Å². The Morgan fingerprint density at radius 1 is 1.33 bits per heavy atom. The lowest BCUT2D eigenvalue weighted by Gasteiger charge is -2.12. The highest BCUT2D eigenvalue weighted by Crippen LogP contribution is 2.14. The van der Waals surface area contributed by atoms with Crippen LogP contribution < -0.4 is 5.32 Å². The minimum Gasteiger partial charge on any atom is -0.313 e. The predicted octanol–water partition coefficient (Wildman–Crippen LogP) is 3.60. The maximum absolute atomic E-state index is 8.77. The molecule has 2 nitrogen and oxygen atoms in total. The van der Waals surface area contributed by atoms with E-state index in [1.807, 2.05) is 24.3 Å². The molecule has 0 aromatic heterocycles. The minimum absolute atomic E-state index is 0.532. The first kappa shape index (κ1) is 14.5. The summed E-state index contributed by atoms with van der Waals surface area (Å²) in [6.45, 7) is 8.58. The Kier molecular flexibility index (Phi) is 6.18. The molecule has 0 radical (unpaired) electrons. The molecule has 0 amide bonds. The van der Waals surface area contributed by atoms with E-state index in [4.69, 9.17) is 5.26 Å². The molecule has 0 atom stereocenters. The summed E-state index contributed by atoms with van der Waals surface area (Å²) in [5.41, 5.74) is 3.27. The van der Waals surface area contributed by atoms with E-state index in [0.717, 1.165) is 25.1 Å². The molecule has 0 saturated heterocycles. The van der Waals surface area contributed by atoms with Crippen molar-refractivity contribution in [3.8, 4) is 6.07 Å². The van der Waals surface area contributed by atoms with Gasteiger partial charge >= 0.3 is 0 Å². The van der Waals surface area contributed by atoms with Crippen LogP contribution in [-0.2, 0) is 0 Å². The fraction of sp³-hybridized carbons (Fsp3) is 0.438. The highest BCUT2D eigenvalue weighted by atomic mass is 14.8. The van der Waals surface area contributed by atoms with Gasteiger partial charge in [0, 0.05) is 6.54 Å². The van der Waals surface area contributed by atoms with Crippen molar-refractivity contribution in [3.63, 3.8) is 0 Å². The molecule has 0 heterocycles. The van der Waals surface area contributed by atoms with Crippen LogP contribution in [0.15, 0.2) is 29.8 Å². The zero-order chi connectivity index (χ0) is 13.4. The zero-order valence-electron chi connectivity index (χ0n) is 11.5. The molecule has 0 aliphatic carbocycles. The standard InChI is InChI=1S/C16H22N2/c1-4-9-18-12-16(13(2)3)10-14-5-7-15(11-17)8-6-14/h5-8,10,13,18H,4,9,12H2,1-3H3. The van der Waals surface area contributed by atoms with Gasteiger partial charge < -0.3 is 5.32 Å². The van der Waals surface area contributed by atoms with Crippen molar-refractivity contribution in [2.75, 3.05) is 13.1 Å². The quantitative estimate of drug-likeness (QED) is 0.774. The number of nitriles is 1. The van der Waals surface area contributed by atoms with Crippen LogP contribution in [-0.4, -0.2) is 13.1 Å². The van der Waals surface area contributed by atoms with E-state index < -0.39 is 0 Å². The molecule has 1 aromatic rings. The molecule has 0 aliphatic heterocycles. The van der Waals surface area contributed by atoms with Crippen LogP contribution in [0.2, 0.25) is 0 Å². The third-order valence-electron chi connectivity index (χ3n) is 2.89. The molecule has 0 unspecified atom stereocenters. The SMILES string of the molecule is CCCNCC(=Cc1ccc(C#N)cc1)C(C)C. The highest BCUT2D eigenvalue weighted by Gasteiger charge is 2.03. The average molecular weight is 242 g/mol. The van der Waals surface area contributed by atoms with Crippen LogP contribution in [0.5, 0.6) is 0 Å². The summed E-state index contributed by atoms with van der Waals surface area (Å²) in [5.74, 6) is 0.532. The number of nitrogens with zero attached hydrogens (tertiary/aromatic N) is 1. The molecule has 1 N–H and O–H groups in total. The maximum atomic E-state index is 8.77. The van der Waals surface area contributed by atoms with Gasteiger partial charge in [0.1, 0.15) is 0 Å². The van der Waals surface area contributed by atoms with E-state index in [2.05, 4.69) is 38.2 Å². The Balaban J connectivity index is 2.77. The molecule has 0 spiro atoms. The van der Waals surface area contributed by atoms with E-state index in [0.29, 0.717) is 11.5 Å². The van der Waals surface area contributed by atoms with Gasteiger partial charge in [-0.25, -0.2) is 0 Å². The van der Waals surface area contributed by atoms with Crippen LogP contribution >= 0.6 is 0 Å². The topological polar surface area (TPSA) is 35.8 Å². The predicted molar refractivity (Wildman–Crippen MR) is 77.1 cm³/mol. The smallest absolute Gasteiger partial charge is 0.0991 e. The van der Waals surface area contributed by atoms with Crippen LogP contribution in [0.1, 0.15) is 38.3 Å². The summed E-state index contributed by atoms with van der Waals surface area (Å²) in [4.78, 5) is 0. The minimum atomic E-state index is 0.532. The summed E-state index contributed by atoms with van der Waals surface area (Å²) in [6, 6.07) is 9.87. The van der Waals surface area contributed by atoms with Crippen molar-refractivity contribution >= 4 is 6.08 Å². The summed E-state index contributed by atoms with van der Waals surface area (Å²) in [6.07, 6.45) is 3.37. The van der Waals surface area contributed by atoms with Crippen molar-refractivity contribution < 1.29 is 0 Å². The van der Waals surface area contributed by atoms with Crippen molar-refractivity contribution in [2.45, 2.75) is 27.2 Å². The molecule has 1 aromatic carbocycles. The fourth-order valence-corrected chi connectivity index (χ4v) is 1.70. The summed E-state index contributed by atoms with van der Waals surface area (Å²) >= 11 is 0. The van der Waals surface area contributed by atoms with Crippen LogP contribution in [0.4, 0.5) is 0 Å². The lowest BCUT2D eigenvalue weighted by atomic mass is 10.00. The number of nitrogens with one attached hydrogen (secondary N) is 1. The van der Waals surface area contributed by atoms with E-state index >= 15 is 0 Å². The van der Waals surface area contributed by atoms with Crippen LogP contribution in [0.25, 0.3) is 6.08 Å². The highest BCUT2D eigenvalue weighted by molar-refractivity contribution is 5.54. The third-order valence-corrected chi connectivity index (χ3v) is 2.89. The zero-order valence-corrected chi connectivity index (χ0v) is 11.5. The Hall–Kier alpha value is -1.59. The van der Waals surface area contributed by atoms with Crippen molar-refractivity contribution in [3.05, 3.63) is 41.0 Å². The summed E-state index contributed by atoms with van der Waals surface area (Å²) in [5, 5.41) is 12.2. The first-order chi connectivity index (χ1) is 8.67. The van der Waals surface area contributed by atoms with Crippen LogP contribution in [0, 0.1) is 17.2 Å². The first-order valence-corrected chi connectivity index (χ1v) is 6.58. The first-order valence-electron chi connectivity index (χ1n) is 6.58. The summed E-state index contributed by atoms with van der Waals surface area (Å²) in [7, 11) is 0. The molecule has 1 rings (SSSR count). The molecule has 2 heteroatoms. The van der Waals surface area contributed by atoms with Crippen molar-refractivity contribution in [2.24, 2.45) is 5.92 Å². The number of hydrogen-bond donors (Lipinski definition) is 1. The third kappa shape index (κ3) is 4.73. The van der Waals surface area contributed by atoms with E-state index in [1.165, 1.54) is 5.57 Å². The number of hydrogen-bond acceptors (Lipinski definition) is 2. The van der Waals surface area contributed by atoms with E-state index in [-0.39, 0.29) is 0 Å². The van der Waals surface area contributed by atoms with Gasteiger partial charge in [-0.2, -0.15) is 5.26 Å². The van der Waals surface area contributed by atoms with Crippen LogP contribution in [0.3, 0.4) is 0 Å². The second kappa shape index (κ2) is 7.68.